The van der Waals surface area contributed by atoms with Crippen LogP contribution in [-0.4, -0.2) is 3.25 Å². The zero-order valence-electron chi connectivity index (χ0n) is 4.22. The van der Waals surface area contributed by atoms with Gasteiger partial charge in [0.1, 0.15) is 4.49 Å². The molecule has 0 aromatic rings. The molecule has 0 radical (unpaired) electrons. The van der Waals surface area contributed by atoms with Crippen LogP contribution >= 0.6 is 81.2 Å². The SMILES string of the molecule is ClC(Cl)(Cl)Cl.ClC=C(Cl)Cl. The van der Waals surface area contributed by atoms with Gasteiger partial charge in [-0.25, -0.2) is 0 Å². The molecule has 0 saturated heterocycles. The highest BCUT2D eigenvalue weighted by Gasteiger charge is 2.11. The summed E-state index contributed by atoms with van der Waals surface area (Å²) in [5.41, 5.74) is 1.09. The molecule has 7 heteroatoms. The fourth-order valence-electron chi connectivity index (χ4n) is 0. The fourth-order valence-corrected chi connectivity index (χ4v) is 0. The van der Waals surface area contributed by atoms with Crippen molar-refractivity contribution in [2.75, 3.05) is 0 Å². The lowest BCUT2D eigenvalue weighted by Crippen LogP contribution is -1.81. The lowest BCUT2D eigenvalue weighted by molar-refractivity contribution is 1.76. The topological polar surface area (TPSA) is 0 Å². The molecule has 0 heterocycles. The van der Waals surface area contributed by atoms with Gasteiger partial charge in [-0.05, 0) is 0 Å². The first kappa shape index (κ1) is 14.3. The summed E-state index contributed by atoms with van der Waals surface area (Å²) in [7, 11) is 0. The zero-order chi connectivity index (χ0) is 8.78. The Bertz CT molecular complexity index is 89.9. The summed E-state index contributed by atoms with van der Waals surface area (Å²) in [4.78, 5) is 0. The number of halogens is 7. The number of hydrogen-bond acceptors (Lipinski definition) is 0. The van der Waals surface area contributed by atoms with Crippen molar-refractivity contribution >= 4 is 81.2 Å². The van der Waals surface area contributed by atoms with Crippen molar-refractivity contribution in [3.8, 4) is 0 Å². The summed E-state index contributed by atoms with van der Waals surface area (Å²) in [6.45, 7) is 0. The number of hydrogen-bond donors (Lipinski definition) is 0. The van der Waals surface area contributed by atoms with Crippen molar-refractivity contribution in [3.63, 3.8) is 0 Å². The standard InChI is InChI=1S/C2HCl3.CCl4/c3-1-2(4)5;2-1(3,4)5/h1H;. The van der Waals surface area contributed by atoms with Crippen LogP contribution in [0.15, 0.2) is 10.0 Å². The summed E-state index contributed by atoms with van der Waals surface area (Å²) >= 11 is 34.1. The highest BCUT2D eigenvalue weighted by atomic mass is 35.6. The second-order valence-electron chi connectivity index (χ2n) is 0.827. The summed E-state index contributed by atoms with van der Waals surface area (Å²) in [6.07, 6.45) is 0. The van der Waals surface area contributed by atoms with E-state index in [1.807, 2.05) is 0 Å². The predicted octanol–water partition coefficient (Wildman–Crippen LogP) is 5.05. The van der Waals surface area contributed by atoms with Crippen molar-refractivity contribution in [2.24, 2.45) is 0 Å². The molecule has 10 heavy (non-hydrogen) atoms. The molecule has 0 bridgehead atoms. The van der Waals surface area contributed by atoms with E-state index in [4.69, 9.17) is 81.2 Å². The highest BCUT2D eigenvalue weighted by Crippen LogP contribution is 2.29. The van der Waals surface area contributed by atoms with Crippen LogP contribution < -0.4 is 0 Å². The maximum absolute atomic E-state index is 4.96. The van der Waals surface area contributed by atoms with E-state index in [1.165, 1.54) is 0 Å². The molecule has 0 amide bonds. The highest BCUT2D eigenvalue weighted by molar-refractivity contribution is 6.83. The van der Waals surface area contributed by atoms with Gasteiger partial charge in [-0.1, -0.05) is 81.2 Å². The van der Waals surface area contributed by atoms with Crippen LogP contribution in [0.1, 0.15) is 0 Å². The van der Waals surface area contributed by atoms with Gasteiger partial charge in [-0.15, -0.1) is 0 Å². The zero-order valence-corrected chi connectivity index (χ0v) is 9.51. The summed E-state index contributed by atoms with van der Waals surface area (Å²) < 4.78 is -1.52. The van der Waals surface area contributed by atoms with E-state index >= 15 is 0 Å². The predicted molar refractivity (Wildman–Crippen MR) is 51.8 cm³/mol. The summed E-state index contributed by atoms with van der Waals surface area (Å²) in [5, 5.41) is 0. The molecule has 0 atom stereocenters. The minimum absolute atomic E-state index is 0.0895. The van der Waals surface area contributed by atoms with E-state index in [0.29, 0.717) is 0 Å². The Kier molecular flexibility index (Phi) is 10.6. The smallest absolute Gasteiger partial charge is 0.0904 e. The van der Waals surface area contributed by atoms with Gasteiger partial charge in [0.05, 0.1) is 0 Å². The van der Waals surface area contributed by atoms with Crippen LogP contribution in [-0.2, 0) is 0 Å². The van der Waals surface area contributed by atoms with Crippen LogP contribution in [0.4, 0.5) is 0 Å². The molecule has 0 spiro atoms. The van der Waals surface area contributed by atoms with Crippen molar-refractivity contribution in [3.05, 3.63) is 10.0 Å². The number of alkyl halides is 4. The molecule has 0 aromatic heterocycles. The minimum atomic E-state index is -1.61. The first-order chi connectivity index (χ1) is 4.27. The van der Waals surface area contributed by atoms with E-state index in [1.54, 1.807) is 0 Å². The van der Waals surface area contributed by atoms with Crippen molar-refractivity contribution < 1.29 is 0 Å². The maximum atomic E-state index is 4.96. The molecule has 0 aliphatic rings. The Morgan fingerprint density at radius 1 is 1.00 bits per heavy atom. The monoisotopic (exact) mass is 282 g/mol. The molecule has 0 nitrogen and oxygen atoms in total. The van der Waals surface area contributed by atoms with Crippen LogP contribution in [0, 0.1) is 0 Å². The lowest BCUT2D eigenvalue weighted by atomic mass is 11.2. The molecule has 0 fully saturated rings. The molecule has 0 rings (SSSR count). The van der Waals surface area contributed by atoms with E-state index in [-0.39, 0.29) is 4.49 Å². The quantitative estimate of drug-likeness (QED) is 0.546. The largest absolute Gasteiger partial charge is 0.266 e. The average Bonchev–Trinajstić information content (AvgIpc) is 1.61. The van der Waals surface area contributed by atoms with Gasteiger partial charge in [-0.2, -0.15) is 0 Å². The molecule has 0 N–H and O–H groups in total. The van der Waals surface area contributed by atoms with E-state index < -0.39 is 3.25 Å². The van der Waals surface area contributed by atoms with Gasteiger partial charge in [0.2, 0.25) is 0 Å². The molecule has 0 aliphatic carbocycles. The molecule has 0 unspecified atom stereocenters. The molecule has 0 aromatic carbocycles. The van der Waals surface area contributed by atoms with Crippen LogP contribution in [0.5, 0.6) is 0 Å². The van der Waals surface area contributed by atoms with Crippen molar-refractivity contribution in [2.45, 2.75) is 3.25 Å². The van der Waals surface area contributed by atoms with E-state index in [0.717, 1.165) is 5.54 Å². The second kappa shape index (κ2) is 7.42. The third-order valence-electron chi connectivity index (χ3n) is 0.0825. The molecular weight excluding hydrogens is 284 g/mol. The van der Waals surface area contributed by atoms with Gasteiger partial charge < -0.3 is 0 Å². The second-order valence-corrected chi connectivity index (χ2v) is 5.48. The Labute approximate surface area is 93.9 Å². The third kappa shape index (κ3) is 52.9. The van der Waals surface area contributed by atoms with Crippen LogP contribution in [0.2, 0.25) is 0 Å². The summed E-state index contributed by atoms with van der Waals surface area (Å²) in [6, 6.07) is 0. The normalized spacial score (nSPS) is 9.50. The Hall–Kier alpha value is 1.77. The third-order valence-corrected chi connectivity index (χ3v) is 0.742. The van der Waals surface area contributed by atoms with Crippen LogP contribution in [0.25, 0.3) is 0 Å². The molecule has 0 aliphatic heterocycles. The maximum Gasteiger partial charge on any atom is 0.266 e. The van der Waals surface area contributed by atoms with Gasteiger partial charge in [0.15, 0.2) is 0 Å². The number of rotatable bonds is 0. The molecule has 62 valence electrons. The molecule has 0 saturated carbocycles. The van der Waals surface area contributed by atoms with E-state index in [2.05, 4.69) is 0 Å². The summed E-state index contributed by atoms with van der Waals surface area (Å²) in [5.74, 6) is 0. The minimum Gasteiger partial charge on any atom is -0.0904 e. The van der Waals surface area contributed by atoms with E-state index in [9.17, 15) is 0 Å². The van der Waals surface area contributed by atoms with Gasteiger partial charge in [0.25, 0.3) is 3.25 Å². The van der Waals surface area contributed by atoms with Crippen molar-refractivity contribution in [1.29, 1.82) is 0 Å². The lowest BCUT2D eigenvalue weighted by Gasteiger charge is -1.91. The molecular formula is C3HCl7. The van der Waals surface area contributed by atoms with Gasteiger partial charge in [0, 0.05) is 5.54 Å². The van der Waals surface area contributed by atoms with Crippen molar-refractivity contribution in [1.82, 2.24) is 0 Å². The van der Waals surface area contributed by atoms with Crippen LogP contribution in [0.3, 0.4) is 0 Å². The fraction of sp³-hybridized carbons (Fsp3) is 0.333. The van der Waals surface area contributed by atoms with Gasteiger partial charge in [-0.3, -0.25) is 0 Å². The van der Waals surface area contributed by atoms with Gasteiger partial charge >= 0.3 is 0 Å². The Morgan fingerprint density at radius 3 is 1.10 bits per heavy atom. The Morgan fingerprint density at radius 2 is 1.10 bits per heavy atom. The first-order valence-electron chi connectivity index (χ1n) is 1.64. The Balaban J connectivity index is 0. The first-order valence-corrected chi connectivity index (χ1v) is 4.35. The average molecular weight is 285 g/mol.